The van der Waals surface area contributed by atoms with Gasteiger partial charge in [-0.25, -0.2) is 0 Å². The van der Waals surface area contributed by atoms with Gasteiger partial charge in [0.05, 0.1) is 11.8 Å². The largest absolute Gasteiger partial charge is 0.481 e. The number of piperidine rings is 1. The van der Waals surface area contributed by atoms with Crippen LogP contribution >= 0.6 is 0 Å². The molecule has 0 radical (unpaired) electrons. The molecule has 0 amide bonds. The zero-order chi connectivity index (χ0) is 14.7. The summed E-state index contributed by atoms with van der Waals surface area (Å²) >= 11 is 0. The average Bonchev–Trinajstić information content (AvgIpc) is 3.18. The molecule has 1 fully saturated rings. The number of hydrogen-bond donors (Lipinski definition) is 1. The van der Waals surface area contributed by atoms with Crippen molar-refractivity contribution in [1.82, 2.24) is 9.98 Å². The summed E-state index contributed by atoms with van der Waals surface area (Å²) in [7, 11) is 0. The number of hydrogen-bond acceptors (Lipinski definition) is 6. The van der Waals surface area contributed by atoms with Gasteiger partial charge >= 0.3 is 11.9 Å². The molecule has 1 aromatic heterocycles. The highest BCUT2D eigenvalue weighted by Crippen LogP contribution is 2.17. The van der Waals surface area contributed by atoms with Crippen LogP contribution in [-0.4, -0.2) is 46.9 Å². The summed E-state index contributed by atoms with van der Waals surface area (Å²) < 4.78 is 9.86. The summed E-state index contributed by atoms with van der Waals surface area (Å²) in [5.41, 5.74) is 0. The first kappa shape index (κ1) is 14.4. The summed E-state index contributed by atoms with van der Waals surface area (Å²) in [4.78, 5) is 28.4. The predicted molar refractivity (Wildman–Crippen MR) is 65.4 cm³/mol. The number of carboxylic acid groups (broad SMARTS) is 1. The van der Waals surface area contributed by atoms with E-state index in [-0.39, 0.29) is 24.6 Å². The van der Waals surface area contributed by atoms with E-state index < -0.39 is 5.97 Å². The molecule has 0 aromatic carbocycles. The van der Waals surface area contributed by atoms with Crippen LogP contribution in [0.4, 0.5) is 0 Å². The monoisotopic (exact) mass is 289 g/mol. The van der Waals surface area contributed by atoms with Crippen molar-refractivity contribution in [1.29, 1.82) is 0 Å². The van der Waals surface area contributed by atoms with Crippen LogP contribution in [0, 0.1) is 11.8 Å². The molecule has 114 valence electrons. The Morgan fingerprint density at radius 3 is 2.55 bits per heavy atom. The highest BCUT2D eigenvalue weighted by atomic mass is 17.0. The number of rotatable bonds is 6. The third-order valence-electron chi connectivity index (χ3n) is 3.16. The van der Waals surface area contributed by atoms with Crippen LogP contribution in [0.15, 0.2) is 4.63 Å². The molecule has 2 rings (SSSR count). The third kappa shape index (κ3) is 3.49. The highest BCUT2D eigenvalue weighted by Gasteiger charge is 2.29. The van der Waals surface area contributed by atoms with E-state index in [0.29, 0.717) is 25.9 Å². The molecule has 9 nitrogen and oxygen atoms in total. The molecule has 1 N–H and O–H groups in total. The van der Waals surface area contributed by atoms with Crippen molar-refractivity contribution in [2.24, 2.45) is 11.8 Å². The van der Waals surface area contributed by atoms with E-state index in [4.69, 9.17) is 19.3 Å². The van der Waals surface area contributed by atoms with Gasteiger partial charge in [0.2, 0.25) is 0 Å². The number of aromatic nitrogens is 2. The molecule has 0 aliphatic carbocycles. The average molecular weight is 289 g/mol. The fourth-order valence-corrected chi connectivity index (χ4v) is 1.85. The van der Waals surface area contributed by atoms with Gasteiger partial charge < -0.3 is 14.7 Å². The van der Waals surface area contributed by atoms with Crippen molar-refractivity contribution in [2.45, 2.75) is 26.7 Å². The fraction of sp³-hybridized carbons (Fsp3) is 0.818. The second kappa shape index (κ2) is 5.93. The topological polar surface area (TPSA) is 99.1 Å². The Morgan fingerprint density at radius 1 is 1.35 bits per heavy atom. The van der Waals surface area contributed by atoms with Crippen molar-refractivity contribution in [3.05, 3.63) is 0 Å². The normalized spacial score (nSPS) is 16.6. The van der Waals surface area contributed by atoms with Gasteiger partial charge in [-0.2, -0.15) is 4.63 Å². The first-order valence-corrected chi connectivity index (χ1v) is 6.54. The molecular formula is C11H19N3O6. The van der Waals surface area contributed by atoms with E-state index in [9.17, 15) is 9.59 Å². The minimum atomic E-state index is -0.759. The van der Waals surface area contributed by atoms with Crippen LogP contribution < -0.4 is 9.85 Å². The van der Waals surface area contributed by atoms with Crippen LogP contribution in [0.2, 0.25) is 0 Å². The van der Waals surface area contributed by atoms with Crippen LogP contribution in [-0.2, 0) is 14.3 Å². The van der Waals surface area contributed by atoms with Crippen LogP contribution in [0.25, 0.3) is 0 Å². The number of ether oxygens (including phenoxy) is 1. The van der Waals surface area contributed by atoms with Crippen LogP contribution in [0.5, 0.6) is 0 Å². The van der Waals surface area contributed by atoms with Gasteiger partial charge in [-0.15, -0.1) is 0 Å². The minimum absolute atomic E-state index is 0.208. The summed E-state index contributed by atoms with van der Waals surface area (Å²) in [5, 5.41) is 11.8. The van der Waals surface area contributed by atoms with Crippen LogP contribution in [0.1, 0.15) is 26.7 Å². The van der Waals surface area contributed by atoms with Gasteiger partial charge in [-0.1, -0.05) is 13.8 Å². The lowest BCUT2D eigenvalue weighted by atomic mass is 9.98. The predicted octanol–water partition coefficient (Wildman–Crippen LogP) is -0.0995. The van der Waals surface area contributed by atoms with Crippen molar-refractivity contribution in [3.8, 4) is 0 Å². The molecule has 9 heteroatoms. The van der Waals surface area contributed by atoms with E-state index in [0.717, 1.165) is 5.02 Å². The second-order valence-corrected chi connectivity index (χ2v) is 5.00. The molecule has 0 saturated carbocycles. The Kier molecular flexibility index (Phi) is 4.26. The molecule has 1 aliphatic rings. The molecule has 0 bridgehead atoms. The molecule has 20 heavy (non-hydrogen) atoms. The van der Waals surface area contributed by atoms with Gasteiger partial charge in [0.25, 0.3) is 6.79 Å². The molecule has 2 heterocycles. The zero-order valence-corrected chi connectivity index (χ0v) is 11.5. The number of esters is 1. The van der Waals surface area contributed by atoms with Crippen molar-refractivity contribution < 1.29 is 28.9 Å². The van der Waals surface area contributed by atoms with E-state index in [1.54, 1.807) is 13.8 Å². The first-order chi connectivity index (χ1) is 9.49. The summed E-state index contributed by atoms with van der Waals surface area (Å²) in [6.45, 7) is 4.38. The van der Waals surface area contributed by atoms with E-state index in [1.807, 2.05) is 5.01 Å². The summed E-state index contributed by atoms with van der Waals surface area (Å²) in [6, 6.07) is 0. The van der Waals surface area contributed by atoms with E-state index >= 15 is 0 Å². The Balaban J connectivity index is 1.68. The Hall–Kier alpha value is -2.06. The SMILES string of the molecule is CC(C)C(=O)OCOn1on1N1CCC(C(=O)O)CC1. The van der Waals surface area contributed by atoms with Crippen molar-refractivity contribution in [2.75, 3.05) is 24.9 Å². The maximum absolute atomic E-state index is 11.2. The van der Waals surface area contributed by atoms with Crippen molar-refractivity contribution >= 4 is 11.9 Å². The Labute approximate surface area is 115 Å². The van der Waals surface area contributed by atoms with E-state index in [2.05, 4.69) is 0 Å². The summed E-state index contributed by atoms with van der Waals surface area (Å²) in [5.74, 6) is -1.61. The number of carboxylic acids is 1. The number of nitrogens with zero attached hydrogens (tertiary/aromatic N) is 3. The lowest BCUT2D eigenvalue weighted by Crippen LogP contribution is -2.42. The van der Waals surface area contributed by atoms with Gasteiger partial charge in [0.1, 0.15) is 5.02 Å². The molecule has 1 aromatic rings. The standard InChI is InChI=1S/C11H19N3O6/c1-8(2)11(17)18-7-19-14-13(20-14)12-5-3-9(4-6-12)10(15)16/h8-9H,3-7H2,1-2H3,(H,15,16). The number of carbonyl (C=O) groups is 2. The maximum atomic E-state index is 11.2. The zero-order valence-electron chi connectivity index (χ0n) is 11.5. The molecule has 1 saturated heterocycles. The lowest BCUT2D eigenvalue weighted by molar-refractivity contribution is -0.163. The second-order valence-electron chi connectivity index (χ2n) is 5.00. The first-order valence-electron chi connectivity index (χ1n) is 6.54. The molecule has 1 aliphatic heterocycles. The minimum Gasteiger partial charge on any atom is -0.481 e. The maximum Gasteiger partial charge on any atom is 0.311 e. The molecular weight excluding hydrogens is 270 g/mol. The van der Waals surface area contributed by atoms with Gasteiger partial charge in [0, 0.05) is 18.1 Å². The van der Waals surface area contributed by atoms with E-state index in [1.165, 1.54) is 4.96 Å². The highest BCUT2D eigenvalue weighted by molar-refractivity contribution is 5.71. The smallest absolute Gasteiger partial charge is 0.311 e. The van der Waals surface area contributed by atoms with Gasteiger partial charge in [-0.05, 0) is 12.8 Å². The molecule has 0 unspecified atom stereocenters. The van der Waals surface area contributed by atoms with Crippen molar-refractivity contribution in [3.63, 3.8) is 0 Å². The Bertz CT molecular complexity index is 452. The summed E-state index contributed by atoms with van der Waals surface area (Å²) in [6.07, 6.45) is 1.12. The van der Waals surface area contributed by atoms with Gasteiger partial charge in [-0.3, -0.25) is 14.6 Å². The molecule has 0 spiro atoms. The third-order valence-corrected chi connectivity index (χ3v) is 3.16. The number of carbonyl (C=O) groups excluding carboxylic acids is 1. The quantitative estimate of drug-likeness (QED) is 0.576. The lowest BCUT2D eigenvalue weighted by Gasteiger charge is -2.26. The van der Waals surface area contributed by atoms with Gasteiger partial charge in [0.15, 0.2) is 0 Å². The number of aliphatic carboxylic acids is 1. The van der Waals surface area contributed by atoms with Crippen LogP contribution in [0.3, 0.4) is 0 Å². The molecule has 0 atom stereocenters. The fourth-order valence-electron chi connectivity index (χ4n) is 1.85. The Morgan fingerprint density at radius 2 is 2.00 bits per heavy atom.